The summed E-state index contributed by atoms with van der Waals surface area (Å²) in [6.45, 7) is 2.55. The van der Waals surface area contributed by atoms with Gasteiger partial charge in [0, 0.05) is 6.20 Å². The van der Waals surface area contributed by atoms with Crippen molar-refractivity contribution in [3.8, 4) is 11.6 Å². The summed E-state index contributed by atoms with van der Waals surface area (Å²) in [5, 5.41) is 4.99. The Morgan fingerprint density at radius 2 is 2.00 bits per heavy atom. The second kappa shape index (κ2) is 6.51. The van der Waals surface area contributed by atoms with Crippen LogP contribution < -0.4 is 4.74 Å². The SMILES string of the molecule is CCCCOc1nn(-c2cccc(C(F)(F)F)c2)c2ncccc12. The number of hydrogen-bond acceptors (Lipinski definition) is 3. The van der Waals surface area contributed by atoms with Crippen molar-refractivity contribution in [1.82, 2.24) is 14.8 Å². The van der Waals surface area contributed by atoms with Gasteiger partial charge < -0.3 is 4.74 Å². The normalized spacial score (nSPS) is 11.8. The summed E-state index contributed by atoms with van der Waals surface area (Å²) in [6, 6.07) is 8.53. The van der Waals surface area contributed by atoms with Gasteiger partial charge in [0.15, 0.2) is 5.65 Å². The highest BCUT2D eigenvalue weighted by molar-refractivity contribution is 5.82. The molecule has 0 fully saturated rings. The van der Waals surface area contributed by atoms with E-state index < -0.39 is 11.7 Å². The van der Waals surface area contributed by atoms with Crippen molar-refractivity contribution in [3.05, 3.63) is 48.2 Å². The minimum absolute atomic E-state index is 0.291. The van der Waals surface area contributed by atoms with Gasteiger partial charge in [-0.05, 0) is 36.8 Å². The number of pyridine rings is 1. The zero-order valence-corrected chi connectivity index (χ0v) is 13.0. The Morgan fingerprint density at radius 3 is 2.75 bits per heavy atom. The molecule has 4 nitrogen and oxygen atoms in total. The van der Waals surface area contributed by atoms with Crippen molar-refractivity contribution in [2.24, 2.45) is 0 Å². The summed E-state index contributed by atoms with van der Waals surface area (Å²) in [7, 11) is 0. The second-order valence-corrected chi connectivity index (χ2v) is 5.34. The summed E-state index contributed by atoms with van der Waals surface area (Å²) in [4.78, 5) is 4.24. The first kappa shape index (κ1) is 16.3. The number of nitrogens with zero attached hydrogens (tertiary/aromatic N) is 3. The first-order valence-electron chi connectivity index (χ1n) is 7.65. The van der Waals surface area contributed by atoms with Crippen LogP contribution in [0.5, 0.6) is 5.88 Å². The number of alkyl halides is 3. The predicted octanol–water partition coefficient (Wildman–Crippen LogP) is 4.62. The lowest BCUT2D eigenvalue weighted by Crippen LogP contribution is -2.07. The number of rotatable bonds is 5. The Bertz CT molecular complexity index is 842. The van der Waals surface area contributed by atoms with E-state index in [2.05, 4.69) is 10.1 Å². The van der Waals surface area contributed by atoms with Crippen molar-refractivity contribution in [3.63, 3.8) is 0 Å². The Labute approximate surface area is 136 Å². The van der Waals surface area contributed by atoms with Crippen molar-refractivity contribution in [1.29, 1.82) is 0 Å². The molecule has 0 unspecified atom stereocenters. The maximum atomic E-state index is 12.9. The molecule has 0 atom stereocenters. The Kier molecular flexibility index (Phi) is 4.42. The number of halogens is 3. The number of ether oxygens (including phenoxy) is 1. The predicted molar refractivity (Wildman–Crippen MR) is 84.3 cm³/mol. The fourth-order valence-corrected chi connectivity index (χ4v) is 2.34. The van der Waals surface area contributed by atoms with E-state index in [4.69, 9.17) is 4.74 Å². The van der Waals surface area contributed by atoms with Gasteiger partial charge >= 0.3 is 6.18 Å². The number of fused-ring (bicyclic) bond motifs is 1. The number of benzene rings is 1. The van der Waals surface area contributed by atoms with Crippen molar-refractivity contribution in [2.45, 2.75) is 25.9 Å². The van der Waals surface area contributed by atoms with Crippen LogP contribution in [0, 0.1) is 0 Å². The number of hydrogen-bond donors (Lipinski definition) is 0. The second-order valence-electron chi connectivity index (χ2n) is 5.34. The van der Waals surface area contributed by atoms with Crippen LogP contribution in [0.2, 0.25) is 0 Å². The van der Waals surface area contributed by atoms with E-state index in [1.165, 1.54) is 10.7 Å². The topological polar surface area (TPSA) is 39.9 Å². The molecule has 2 heterocycles. The third-order valence-electron chi connectivity index (χ3n) is 3.56. The molecule has 0 radical (unpaired) electrons. The third kappa shape index (κ3) is 3.20. The lowest BCUT2D eigenvalue weighted by Gasteiger charge is -2.09. The molecule has 0 saturated carbocycles. The average Bonchev–Trinajstić information content (AvgIpc) is 2.94. The Balaban J connectivity index is 2.06. The molecule has 7 heteroatoms. The Hall–Kier alpha value is -2.57. The van der Waals surface area contributed by atoms with Crippen molar-refractivity contribution >= 4 is 11.0 Å². The highest BCUT2D eigenvalue weighted by atomic mass is 19.4. The van der Waals surface area contributed by atoms with Crippen LogP contribution in [0.3, 0.4) is 0 Å². The van der Waals surface area contributed by atoms with Gasteiger partial charge in [0.25, 0.3) is 0 Å². The number of aromatic nitrogens is 3. The van der Waals surface area contributed by atoms with Crippen LogP contribution in [0.1, 0.15) is 25.3 Å². The molecular weight excluding hydrogens is 319 g/mol. The van der Waals surface area contributed by atoms with Crippen LogP contribution in [-0.2, 0) is 6.18 Å². The molecule has 3 aromatic rings. The fraction of sp³-hybridized carbons (Fsp3) is 0.294. The van der Waals surface area contributed by atoms with E-state index in [-0.39, 0.29) is 0 Å². The van der Waals surface area contributed by atoms with Gasteiger partial charge in [-0.15, -0.1) is 5.10 Å². The monoisotopic (exact) mass is 335 g/mol. The molecule has 3 rings (SSSR count). The minimum Gasteiger partial charge on any atom is -0.476 e. The largest absolute Gasteiger partial charge is 0.476 e. The third-order valence-corrected chi connectivity index (χ3v) is 3.56. The maximum absolute atomic E-state index is 12.9. The van der Waals surface area contributed by atoms with Crippen molar-refractivity contribution in [2.75, 3.05) is 6.61 Å². The molecule has 0 aliphatic carbocycles. The van der Waals surface area contributed by atoms with Crippen molar-refractivity contribution < 1.29 is 17.9 Å². The molecule has 2 aromatic heterocycles. The summed E-state index contributed by atoms with van der Waals surface area (Å²) in [5.74, 6) is 0.379. The smallest absolute Gasteiger partial charge is 0.416 e. The van der Waals surface area contributed by atoms with E-state index in [0.717, 1.165) is 25.0 Å². The van der Waals surface area contributed by atoms with Crippen LogP contribution in [-0.4, -0.2) is 21.4 Å². The molecule has 0 amide bonds. The van der Waals surface area contributed by atoms with Gasteiger partial charge in [0.05, 0.1) is 23.2 Å². The zero-order valence-electron chi connectivity index (χ0n) is 13.0. The average molecular weight is 335 g/mol. The summed E-state index contributed by atoms with van der Waals surface area (Å²) in [5.41, 5.74) is 0.0234. The van der Waals surface area contributed by atoms with Gasteiger partial charge in [-0.25, -0.2) is 9.67 Å². The van der Waals surface area contributed by atoms with E-state index >= 15 is 0 Å². The van der Waals surface area contributed by atoms with Crippen LogP contribution >= 0.6 is 0 Å². The molecule has 0 spiro atoms. The molecule has 0 bridgehead atoms. The van der Waals surface area contributed by atoms with Gasteiger partial charge in [0.2, 0.25) is 5.88 Å². The molecule has 0 N–H and O–H groups in total. The molecule has 0 saturated heterocycles. The van der Waals surface area contributed by atoms with Crippen LogP contribution in [0.4, 0.5) is 13.2 Å². The van der Waals surface area contributed by atoms with E-state index in [0.29, 0.717) is 29.2 Å². The van der Waals surface area contributed by atoms with Gasteiger partial charge in [0.1, 0.15) is 0 Å². The minimum atomic E-state index is -4.41. The van der Waals surface area contributed by atoms with E-state index in [9.17, 15) is 13.2 Å². The van der Waals surface area contributed by atoms with Gasteiger partial charge in [-0.3, -0.25) is 0 Å². The maximum Gasteiger partial charge on any atom is 0.416 e. The molecule has 0 aliphatic rings. The Morgan fingerprint density at radius 1 is 1.17 bits per heavy atom. The standard InChI is InChI=1S/C17H16F3N3O/c1-2-3-10-24-16-14-8-5-9-21-15(14)23(22-16)13-7-4-6-12(11-13)17(18,19)20/h4-9,11H,2-3,10H2,1H3. The molecule has 24 heavy (non-hydrogen) atoms. The van der Waals surface area contributed by atoms with E-state index in [1.54, 1.807) is 24.4 Å². The first-order chi connectivity index (χ1) is 11.5. The highest BCUT2D eigenvalue weighted by Gasteiger charge is 2.30. The first-order valence-corrected chi connectivity index (χ1v) is 7.65. The fourth-order valence-electron chi connectivity index (χ4n) is 2.34. The summed E-state index contributed by atoms with van der Waals surface area (Å²) < 4.78 is 45.9. The quantitative estimate of drug-likeness (QED) is 0.639. The molecule has 126 valence electrons. The molecular formula is C17H16F3N3O. The lowest BCUT2D eigenvalue weighted by molar-refractivity contribution is -0.137. The van der Waals surface area contributed by atoms with Crippen LogP contribution in [0.25, 0.3) is 16.7 Å². The highest BCUT2D eigenvalue weighted by Crippen LogP contribution is 2.32. The summed E-state index contributed by atoms with van der Waals surface area (Å²) in [6.07, 6.45) is -0.987. The van der Waals surface area contributed by atoms with Gasteiger partial charge in [-0.1, -0.05) is 19.4 Å². The molecule has 1 aromatic carbocycles. The molecule has 0 aliphatic heterocycles. The van der Waals surface area contributed by atoms with E-state index in [1.807, 2.05) is 6.92 Å². The zero-order chi connectivity index (χ0) is 17.2. The number of unbranched alkanes of at least 4 members (excludes halogenated alkanes) is 1. The van der Waals surface area contributed by atoms with Gasteiger partial charge in [-0.2, -0.15) is 13.2 Å². The summed E-state index contributed by atoms with van der Waals surface area (Å²) >= 11 is 0. The lowest BCUT2D eigenvalue weighted by atomic mass is 10.2. The van der Waals surface area contributed by atoms with Crippen LogP contribution in [0.15, 0.2) is 42.6 Å².